The van der Waals surface area contributed by atoms with Crippen LogP contribution in [0.25, 0.3) is 0 Å². The third kappa shape index (κ3) is 1.43. The van der Waals surface area contributed by atoms with Crippen molar-refractivity contribution in [3.05, 3.63) is 0 Å². The molecule has 1 rings (SSSR count). The minimum absolute atomic E-state index is 0.731. The molecule has 0 aromatic carbocycles. The van der Waals surface area contributed by atoms with Gasteiger partial charge < -0.3 is 5.32 Å². The van der Waals surface area contributed by atoms with Crippen molar-refractivity contribution >= 4 is 0 Å². The molecular weight excluding hydrogens is 112 g/mol. The van der Waals surface area contributed by atoms with Gasteiger partial charge in [0.05, 0.1) is 0 Å². The summed E-state index contributed by atoms with van der Waals surface area (Å²) in [6.07, 6.45) is 0. The number of nitrogens with zero attached hydrogens (tertiary/aromatic N) is 1. The maximum atomic E-state index is 3.24. The van der Waals surface area contributed by atoms with Crippen molar-refractivity contribution in [1.82, 2.24) is 10.2 Å². The summed E-state index contributed by atoms with van der Waals surface area (Å²) >= 11 is 0. The molecule has 0 amide bonds. The van der Waals surface area contributed by atoms with E-state index in [9.17, 15) is 0 Å². The maximum absolute atomic E-state index is 3.24. The van der Waals surface area contributed by atoms with Gasteiger partial charge in [-0.05, 0) is 20.9 Å². The van der Waals surface area contributed by atoms with E-state index in [0.717, 1.165) is 12.1 Å². The number of rotatable bonds is 2. The Morgan fingerprint density at radius 2 is 2.00 bits per heavy atom. The molecule has 0 aromatic heterocycles. The minimum atomic E-state index is 0.731. The first-order valence-electron chi connectivity index (χ1n) is 3.65. The fraction of sp³-hybridized carbons (Fsp3) is 1.00. The molecule has 1 fully saturated rings. The number of likely N-dealkylation sites (tertiary alicyclic amines) is 1. The Morgan fingerprint density at radius 3 is 2.33 bits per heavy atom. The fourth-order valence-corrected chi connectivity index (χ4v) is 1.12. The van der Waals surface area contributed by atoms with Gasteiger partial charge in [-0.2, -0.15) is 0 Å². The molecule has 0 spiro atoms. The van der Waals surface area contributed by atoms with Crippen LogP contribution in [0.4, 0.5) is 0 Å². The lowest BCUT2D eigenvalue weighted by molar-refractivity contribution is 0.0966. The molecule has 0 aromatic rings. The standard InChI is InChI=1S/C7H16N2/c1-6(2)9-4-7(5-9)8-3/h6-8H,4-5H2,1-3H3. The van der Waals surface area contributed by atoms with E-state index in [-0.39, 0.29) is 0 Å². The number of nitrogens with one attached hydrogen (secondary N) is 1. The average Bonchev–Trinajstić information content (AvgIpc) is 1.61. The summed E-state index contributed by atoms with van der Waals surface area (Å²) in [6.45, 7) is 6.94. The summed E-state index contributed by atoms with van der Waals surface area (Å²) in [4.78, 5) is 2.46. The molecule has 1 aliphatic rings. The Kier molecular flexibility index (Phi) is 2.09. The van der Waals surface area contributed by atoms with Crippen molar-refractivity contribution in [2.45, 2.75) is 25.9 Å². The normalized spacial score (nSPS) is 22.7. The molecule has 1 aliphatic heterocycles. The molecule has 2 nitrogen and oxygen atoms in total. The molecule has 0 bridgehead atoms. The molecule has 0 atom stereocenters. The monoisotopic (exact) mass is 128 g/mol. The Bertz CT molecular complexity index is 84.9. The van der Waals surface area contributed by atoms with E-state index in [4.69, 9.17) is 0 Å². The van der Waals surface area contributed by atoms with Gasteiger partial charge in [0.1, 0.15) is 0 Å². The minimum Gasteiger partial charge on any atom is -0.315 e. The smallest absolute Gasteiger partial charge is 0.0320 e. The Balaban J connectivity index is 2.12. The van der Waals surface area contributed by atoms with Gasteiger partial charge in [-0.25, -0.2) is 0 Å². The summed E-state index contributed by atoms with van der Waals surface area (Å²) < 4.78 is 0. The first kappa shape index (κ1) is 7.03. The molecule has 2 heteroatoms. The highest BCUT2D eigenvalue weighted by Gasteiger charge is 2.26. The van der Waals surface area contributed by atoms with Crippen molar-refractivity contribution in [2.75, 3.05) is 20.1 Å². The van der Waals surface area contributed by atoms with Crippen molar-refractivity contribution < 1.29 is 0 Å². The molecule has 0 aliphatic carbocycles. The number of hydrogen-bond acceptors (Lipinski definition) is 2. The highest BCUT2D eigenvalue weighted by Crippen LogP contribution is 2.10. The average molecular weight is 128 g/mol. The number of hydrogen-bond donors (Lipinski definition) is 1. The SMILES string of the molecule is CNC1CN(C(C)C)C1. The predicted octanol–water partition coefficient (Wildman–Crippen LogP) is 0.298. The zero-order chi connectivity index (χ0) is 6.85. The van der Waals surface area contributed by atoms with Crippen molar-refractivity contribution in [1.29, 1.82) is 0 Å². The van der Waals surface area contributed by atoms with Gasteiger partial charge in [-0.3, -0.25) is 4.90 Å². The second-order valence-corrected chi connectivity index (χ2v) is 3.03. The van der Waals surface area contributed by atoms with Crippen LogP contribution in [0.15, 0.2) is 0 Å². The van der Waals surface area contributed by atoms with Crippen LogP contribution in [-0.2, 0) is 0 Å². The summed E-state index contributed by atoms with van der Waals surface area (Å²) in [5.41, 5.74) is 0. The van der Waals surface area contributed by atoms with Crippen LogP contribution in [0.3, 0.4) is 0 Å². The van der Waals surface area contributed by atoms with Gasteiger partial charge >= 0.3 is 0 Å². The third-order valence-corrected chi connectivity index (χ3v) is 2.05. The van der Waals surface area contributed by atoms with E-state index < -0.39 is 0 Å². The van der Waals surface area contributed by atoms with Crippen LogP contribution in [0.1, 0.15) is 13.8 Å². The molecule has 1 N–H and O–H groups in total. The van der Waals surface area contributed by atoms with E-state index in [1.807, 2.05) is 7.05 Å². The molecule has 1 saturated heterocycles. The van der Waals surface area contributed by atoms with Gasteiger partial charge in [-0.15, -0.1) is 0 Å². The maximum Gasteiger partial charge on any atom is 0.0320 e. The summed E-state index contributed by atoms with van der Waals surface area (Å²) in [5.74, 6) is 0. The van der Waals surface area contributed by atoms with E-state index in [0.29, 0.717) is 0 Å². The van der Waals surface area contributed by atoms with Gasteiger partial charge in [-0.1, -0.05) is 0 Å². The lowest BCUT2D eigenvalue weighted by atomic mass is 10.1. The second kappa shape index (κ2) is 2.67. The molecule has 0 unspecified atom stereocenters. The highest BCUT2D eigenvalue weighted by molar-refractivity contribution is 4.86. The first-order valence-corrected chi connectivity index (χ1v) is 3.65. The largest absolute Gasteiger partial charge is 0.315 e. The van der Waals surface area contributed by atoms with E-state index in [2.05, 4.69) is 24.1 Å². The van der Waals surface area contributed by atoms with Crippen LogP contribution >= 0.6 is 0 Å². The van der Waals surface area contributed by atoms with Gasteiger partial charge in [0.25, 0.3) is 0 Å². The lowest BCUT2D eigenvalue weighted by Gasteiger charge is -2.41. The van der Waals surface area contributed by atoms with Gasteiger partial charge in [0, 0.05) is 25.2 Å². The van der Waals surface area contributed by atoms with Crippen LogP contribution in [0, 0.1) is 0 Å². The summed E-state index contributed by atoms with van der Waals surface area (Å²) in [7, 11) is 2.03. The number of likely N-dealkylation sites (N-methyl/N-ethyl adjacent to an activating group) is 1. The van der Waals surface area contributed by atoms with Crippen molar-refractivity contribution in [3.8, 4) is 0 Å². The highest BCUT2D eigenvalue weighted by atomic mass is 15.3. The molecule has 0 saturated carbocycles. The Morgan fingerprint density at radius 1 is 1.44 bits per heavy atom. The summed E-state index contributed by atoms with van der Waals surface area (Å²) in [5, 5.41) is 3.24. The van der Waals surface area contributed by atoms with Gasteiger partial charge in [0.2, 0.25) is 0 Å². The van der Waals surface area contributed by atoms with Crippen molar-refractivity contribution in [3.63, 3.8) is 0 Å². The first-order chi connectivity index (χ1) is 4.24. The lowest BCUT2D eigenvalue weighted by Crippen LogP contribution is -2.59. The topological polar surface area (TPSA) is 15.3 Å². The van der Waals surface area contributed by atoms with Crippen LogP contribution in [0.5, 0.6) is 0 Å². The zero-order valence-electron chi connectivity index (χ0n) is 6.52. The Hall–Kier alpha value is -0.0800. The molecule has 1 heterocycles. The van der Waals surface area contributed by atoms with E-state index in [1.165, 1.54) is 13.1 Å². The Labute approximate surface area is 57.2 Å². The van der Waals surface area contributed by atoms with E-state index in [1.54, 1.807) is 0 Å². The molecule has 9 heavy (non-hydrogen) atoms. The van der Waals surface area contributed by atoms with Crippen LogP contribution in [0.2, 0.25) is 0 Å². The van der Waals surface area contributed by atoms with Crippen LogP contribution < -0.4 is 5.32 Å². The van der Waals surface area contributed by atoms with E-state index >= 15 is 0 Å². The third-order valence-electron chi connectivity index (χ3n) is 2.05. The fourth-order valence-electron chi connectivity index (χ4n) is 1.12. The second-order valence-electron chi connectivity index (χ2n) is 3.03. The zero-order valence-corrected chi connectivity index (χ0v) is 6.52. The quantitative estimate of drug-likeness (QED) is 0.575. The molecule has 54 valence electrons. The molecule has 0 radical (unpaired) electrons. The molecular formula is C7H16N2. The predicted molar refractivity (Wildman–Crippen MR) is 39.6 cm³/mol. The van der Waals surface area contributed by atoms with Gasteiger partial charge in [0.15, 0.2) is 0 Å². The van der Waals surface area contributed by atoms with Crippen LogP contribution in [-0.4, -0.2) is 37.1 Å². The van der Waals surface area contributed by atoms with Crippen molar-refractivity contribution in [2.24, 2.45) is 0 Å². The summed E-state index contributed by atoms with van der Waals surface area (Å²) in [6, 6.07) is 1.49.